The van der Waals surface area contributed by atoms with Gasteiger partial charge in [-0.2, -0.15) is 0 Å². The van der Waals surface area contributed by atoms with Crippen molar-refractivity contribution in [3.05, 3.63) is 0 Å². The monoisotopic (exact) mass is 230 g/mol. The number of carbonyl (C=O) groups is 1. The molecule has 0 spiro atoms. The molecule has 0 aromatic carbocycles. The molecule has 96 valence electrons. The Balaban J connectivity index is 3.68. The molecule has 0 saturated heterocycles. The second kappa shape index (κ2) is 9.60. The lowest BCUT2D eigenvalue weighted by atomic mass is 10.1. The van der Waals surface area contributed by atoms with Gasteiger partial charge in [0.1, 0.15) is 0 Å². The topological polar surface area (TPSA) is 61.4 Å². The molecule has 0 aliphatic carbocycles. The quantitative estimate of drug-likeness (QED) is 0.519. The van der Waals surface area contributed by atoms with Crippen LogP contribution >= 0.6 is 0 Å². The Morgan fingerprint density at radius 2 is 2.00 bits per heavy atom. The van der Waals surface area contributed by atoms with Gasteiger partial charge in [-0.3, -0.25) is 4.79 Å². The van der Waals surface area contributed by atoms with E-state index in [1.165, 1.54) is 0 Å². The molecule has 0 radical (unpaired) electrons. The average Bonchev–Trinajstić information content (AvgIpc) is 2.26. The fourth-order valence-electron chi connectivity index (χ4n) is 1.52. The van der Waals surface area contributed by atoms with E-state index in [0.29, 0.717) is 0 Å². The summed E-state index contributed by atoms with van der Waals surface area (Å²) < 4.78 is 0. The van der Waals surface area contributed by atoms with Crippen LogP contribution in [0.25, 0.3) is 0 Å². The van der Waals surface area contributed by atoms with Crippen LogP contribution in [0.5, 0.6) is 0 Å². The van der Waals surface area contributed by atoms with Gasteiger partial charge in [0.25, 0.3) is 0 Å². The van der Waals surface area contributed by atoms with Gasteiger partial charge in [0, 0.05) is 19.2 Å². The number of rotatable bonds is 9. The SMILES string of the molecule is CCCCNC(=O)C(C)NC(C)CCCO. The highest BCUT2D eigenvalue weighted by Crippen LogP contribution is 1.97. The molecule has 0 fully saturated rings. The van der Waals surface area contributed by atoms with E-state index < -0.39 is 0 Å². The maximum Gasteiger partial charge on any atom is 0.236 e. The molecule has 0 aliphatic heterocycles. The first-order valence-corrected chi connectivity index (χ1v) is 6.26. The summed E-state index contributed by atoms with van der Waals surface area (Å²) >= 11 is 0. The van der Waals surface area contributed by atoms with Crippen LogP contribution in [0, 0.1) is 0 Å². The Bertz CT molecular complexity index is 186. The molecule has 0 rings (SSSR count). The lowest BCUT2D eigenvalue weighted by Crippen LogP contribution is -2.45. The van der Waals surface area contributed by atoms with E-state index in [-0.39, 0.29) is 24.6 Å². The number of hydrogen-bond donors (Lipinski definition) is 3. The fraction of sp³-hybridized carbons (Fsp3) is 0.917. The second-order valence-corrected chi connectivity index (χ2v) is 4.30. The van der Waals surface area contributed by atoms with E-state index in [0.717, 1.165) is 32.2 Å². The Kier molecular flexibility index (Phi) is 9.24. The number of carbonyl (C=O) groups excluding carboxylic acids is 1. The first-order chi connectivity index (χ1) is 7.61. The zero-order valence-electron chi connectivity index (χ0n) is 10.8. The maximum absolute atomic E-state index is 11.6. The minimum Gasteiger partial charge on any atom is -0.396 e. The molecule has 1 amide bonds. The van der Waals surface area contributed by atoms with Gasteiger partial charge in [0.15, 0.2) is 0 Å². The average molecular weight is 230 g/mol. The summed E-state index contributed by atoms with van der Waals surface area (Å²) in [4.78, 5) is 11.6. The number of hydrogen-bond acceptors (Lipinski definition) is 3. The van der Waals surface area contributed by atoms with Crippen molar-refractivity contribution in [3.63, 3.8) is 0 Å². The van der Waals surface area contributed by atoms with Crippen molar-refractivity contribution in [3.8, 4) is 0 Å². The van der Waals surface area contributed by atoms with E-state index in [4.69, 9.17) is 5.11 Å². The van der Waals surface area contributed by atoms with Gasteiger partial charge < -0.3 is 15.7 Å². The first kappa shape index (κ1) is 15.4. The minimum absolute atomic E-state index is 0.0595. The summed E-state index contributed by atoms with van der Waals surface area (Å²) in [5.41, 5.74) is 0. The Labute approximate surface area is 98.8 Å². The lowest BCUT2D eigenvalue weighted by Gasteiger charge is -2.19. The highest BCUT2D eigenvalue weighted by atomic mass is 16.2. The second-order valence-electron chi connectivity index (χ2n) is 4.30. The number of unbranched alkanes of at least 4 members (excludes halogenated alkanes) is 1. The van der Waals surface area contributed by atoms with E-state index in [2.05, 4.69) is 17.6 Å². The molecule has 4 nitrogen and oxygen atoms in total. The summed E-state index contributed by atoms with van der Waals surface area (Å²) in [7, 11) is 0. The van der Waals surface area contributed by atoms with Crippen LogP contribution < -0.4 is 10.6 Å². The summed E-state index contributed by atoms with van der Waals surface area (Å²) in [6.07, 6.45) is 3.79. The molecule has 16 heavy (non-hydrogen) atoms. The highest BCUT2D eigenvalue weighted by Gasteiger charge is 2.13. The maximum atomic E-state index is 11.6. The van der Waals surface area contributed by atoms with Crippen LogP contribution in [0.15, 0.2) is 0 Å². The van der Waals surface area contributed by atoms with Gasteiger partial charge in [-0.25, -0.2) is 0 Å². The molecular formula is C12H26N2O2. The van der Waals surface area contributed by atoms with Gasteiger partial charge in [0.05, 0.1) is 6.04 Å². The number of nitrogens with one attached hydrogen (secondary N) is 2. The third kappa shape index (κ3) is 7.65. The van der Waals surface area contributed by atoms with E-state index in [1.54, 1.807) is 0 Å². The Hall–Kier alpha value is -0.610. The van der Waals surface area contributed by atoms with Crippen molar-refractivity contribution < 1.29 is 9.90 Å². The zero-order valence-corrected chi connectivity index (χ0v) is 10.8. The number of aliphatic hydroxyl groups excluding tert-OH is 1. The third-order valence-corrected chi connectivity index (χ3v) is 2.55. The van der Waals surface area contributed by atoms with E-state index >= 15 is 0 Å². The van der Waals surface area contributed by atoms with Gasteiger partial charge in [0.2, 0.25) is 5.91 Å². The molecule has 0 aromatic heterocycles. The highest BCUT2D eigenvalue weighted by molar-refractivity contribution is 5.81. The lowest BCUT2D eigenvalue weighted by molar-refractivity contribution is -0.122. The van der Waals surface area contributed by atoms with Crippen LogP contribution in [0.2, 0.25) is 0 Å². The molecule has 0 heterocycles. The van der Waals surface area contributed by atoms with E-state index in [1.807, 2.05) is 13.8 Å². The van der Waals surface area contributed by atoms with Crippen molar-refractivity contribution >= 4 is 5.91 Å². The van der Waals surface area contributed by atoms with Crippen molar-refractivity contribution in [2.45, 2.75) is 58.5 Å². The van der Waals surface area contributed by atoms with Crippen LogP contribution in [-0.4, -0.2) is 36.2 Å². The molecule has 3 N–H and O–H groups in total. The van der Waals surface area contributed by atoms with Crippen molar-refractivity contribution in [1.29, 1.82) is 0 Å². The molecular weight excluding hydrogens is 204 g/mol. The molecule has 0 aromatic rings. The van der Waals surface area contributed by atoms with Gasteiger partial charge in [-0.1, -0.05) is 13.3 Å². The molecule has 2 atom stereocenters. The standard InChI is InChI=1S/C12H26N2O2/c1-4-5-8-13-12(16)11(3)14-10(2)7-6-9-15/h10-11,14-15H,4-9H2,1-3H3,(H,13,16). The fourth-order valence-corrected chi connectivity index (χ4v) is 1.52. The first-order valence-electron chi connectivity index (χ1n) is 6.26. The van der Waals surface area contributed by atoms with Gasteiger partial charge >= 0.3 is 0 Å². The molecule has 0 aliphatic rings. The third-order valence-electron chi connectivity index (χ3n) is 2.55. The minimum atomic E-state index is -0.162. The van der Waals surface area contributed by atoms with Crippen molar-refractivity contribution in [1.82, 2.24) is 10.6 Å². The summed E-state index contributed by atoms with van der Waals surface area (Å²) in [5, 5.41) is 14.8. The van der Waals surface area contributed by atoms with Gasteiger partial charge in [-0.15, -0.1) is 0 Å². The van der Waals surface area contributed by atoms with Crippen molar-refractivity contribution in [2.75, 3.05) is 13.2 Å². The summed E-state index contributed by atoms with van der Waals surface area (Å²) in [5.74, 6) is 0.0595. The normalized spacial score (nSPS) is 14.5. The smallest absolute Gasteiger partial charge is 0.236 e. The van der Waals surface area contributed by atoms with Crippen LogP contribution in [0.4, 0.5) is 0 Å². The van der Waals surface area contributed by atoms with Crippen molar-refractivity contribution in [2.24, 2.45) is 0 Å². The molecule has 2 unspecified atom stereocenters. The Morgan fingerprint density at radius 3 is 2.56 bits per heavy atom. The number of aliphatic hydroxyl groups is 1. The predicted molar refractivity (Wildman–Crippen MR) is 66.3 cm³/mol. The van der Waals surface area contributed by atoms with Crippen LogP contribution in [0.1, 0.15) is 46.5 Å². The number of amides is 1. The molecule has 4 heteroatoms. The zero-order chi connectivity index (χ0) is 12.4. The molecule has 0 saturated carbocycles. The van der Waals surface area contributed by atoms with E-state index in [9.17, 15) is 4.79 Å². The van der Waals surface area contributed by atoms with Gasteiger partial charge in [-0.05, 0) is 33.1 Å². The van der Waals surface area contributed by atoms with Crippen LogP contribution in [-0.2, 0) is 4.79 Å². The predicted octanol–water partition coefficient (Wildman–Crippen LogP) is 1.04. The molecule has 0 bridgehead atoms. The Morgan fingerprint density at radius 1 is 1.31 bits per heavy atom. The summed E-state index contributed by atoms with van der Waals surface area (Å²) in [6.45, 7) is 6.97. The largest absolute Gasteiger partial charge is 0.396 e. The summed E-state index contributed by atoms with van der Waals surface area (Å²) in [6, 6.07) is 0.102. The van der Waals surface area contributed by atoms with Crippen LogP contribution in [0.3, 0.4) is 0 Å².